The standard InChI is InChI=1S/C12H16N2O5S/c1-8-3-4-9(7-10(8)11(15)16)14-12(17)13-5-6-20(2,18)19/h3-4,7H,5-6H2,1-2H3,(H,15,16)(H2,13,14,17). The van der Waals surface area contributed by atoms with Gasteiger partial charge in [0, 0.05) is 18.5 Å². The molecular weight excluding hydrogens is 284 g/mol. The fourth-order valence-electron chi connectivity index (χ4n) is 1.46. The van der Waals surface area contributed by atoms with E-state index in [-0.39, 0.29) is 17.9 Å². The van der Waals surface area contributed by atoms with Crippen LogP contribution in [0, 0.1) is 6.92 Å². The van der Waals surface area contributed by atoms with E-state index in [0.717, 1.165) is 6.26 Å². The smallest absolute Gasteiger partial charge is 0.336 e. The van der Waals surface area contributed by atoms with E-state index in [9.17, 15) is 18.0 Å². The first kappa shape index (κ1) is 16.0. The van der Waals surface area contributed by atoms with Crippen LogP contribution < -0.4 is 10.6 Å². The minimum atomic E-state index is -3.14. The third kappa shape index (κ3) is 5.27. The van der Waals surface area contributed by atoms with Gasteiger partial charge in [-0.25, -0.2) is 18.0 Å². The highest BCUT2D eigenvalue weighted by Gasteiger charge is 2.10. The molecule has 0 radical (unpaired) electrons. The molecule has 2 amide bonds. The van der Waals surface area contributed by atoms with Crippen molar-refractivity contribution in [2.75, 3.05) is 23.9 Å². The van der Waals surface area contributed by atoms with Gasteiger partial charge in [-0.2, -0.15) is 0 Å². The van der Waals surface area contributed by atoms with Crippen molar-refractivity contribution in [3.05, 3.63) is 29.3 Å². The average Bonchev–Trinajstić information content (AvgIpc) is 2.29. The lowest BCUT2D eigenvalue weighted by molar-refractivity contribution is 0.0696. The molecule has 0 saturated heterocycles. The quantitative estimate of drug-likeness (QED) is 0.746. The molecule has 0 heterocycles. The molecule has 0 saturated carbocycles. The fraction of sp³-hybridized carbons (Fsp3) is 0.333. The Morgan fingerprint density at radius 2 is 1.95 bits per heavy atom. The molecule has 20 heavy (non-hydrogen) atoms. The number of carbonyl (C=O) groups excluding carboxylic acids is 1. The molecule has 8 heteroatoms. The number of aryl methyl sites for hydroxylation is 1. The third-order valence-corrected chi connectivity index (χ3v) is 3.43. The van der Waals surface area contributed by atoms with Gasteiger partial charge in [0.05, 0.1) is 11.3 Å². The van der Waals surface area contributed by atoms with Crippen molar-refractivity contribution < 1.29 is 23.1 Å². The van der Waals surface area contributed by atoms with Crippen molar-refractivity contribution >= 4 is 27.5 Å². The number of rotatable bonds is 5. The van der Waals surface area contributed by atoms with E-state index in [1.807, 2.05) is 0 Å². The minimum absolute atomic E-state index is 0.0116. The molecule has 0 fully saturated rings. The Balaban J connectivity index is 2.63. The number of carboxylic acid groups (broad SMARTS) is 1. The summed E-state index contributed by atoms with van der Waals surface area (Å²) in [5, 5.41) is 13.8. The summed E-state index contributed by atoms with van der Waals surface area (Å²) in [7, 11) is -3.14. The van der Waals surface area contributed by atoms with Gasteiger partial charge in [0.15, 0.2) is 0 Å². The maximum atomic E-state index is 11.5. The van der Waals surface area contributed by atoms with Crippen LogP contribution in [0.5, 0.6) is 0 Å². The molecular formula is C12H16N2O5S. The zero-order valence-electron chi connectivity index (χ0n) is 11.1. The lowest BCUT2D eigenvalue weighted by Gasteiger charge is -2.09. The van der Waals surface area contributed by atoms with E-state index in [0.29, 0.717) is 11.3 Å². The second kappa shape index (κ2) is 6.38. The summed E-state index contributed by atoms with van der Waals surface area (Å²) in [6.45, 7) is 1.64. The molecule has 0 aliphatic heterocycles. The number of carboxylic acids is 1. The van der Waals surface area contributed by atoms with Gasteiger partial charge in [-0.3, -0.25) is 0 Å². The number of sulfone groups is 1. The van der Waals surface area contributed by atoms with E-state index >= 15 is 0 Å². The van der Waals surface area contributed by atoms with Gasteiger partial charge in [-0.1, -0.05) is 6.07 Å². The first-order valence-electron chi connectivity index (χ1n) is 5.75. The van der Waals surface area contributed by atoms with Crippen LogP contribution >= 0.6 is 0 Å². The van der Waals surface area contributed by atoms with Crippen molar-refractivity contribution in [3.8, 4) is 0 Å². The molecule has 1 aromatic rings. The molecule has 0 aromatic heterocycles. The molecule has 0 bridgehead atoms. The molecule has 1 rings (SSSR count). The number of amides is 2. The van der Waals surface area contributed by atoms with E-state index in [4.69, 9.17) is 5.11 Å². The van der Waals surface area contributed by atoms with Crippen LogP contribution in [0.2, 0.25) is 0 Å². The monoisotopic (exact) mass is 300 g/mol. The van der Waals surface area contributed by atoms with E-state index in [1.54, 1.807) is 19.1 Å². The van der Waals surface area contributed by atoms with Crippen molar-refractivity contribution in [1.29, 1.82) is 0 Å². The summed E-state index contributed by atoms with van der Waals surface area (Å²) in [6, 6.07) is 3.90. The van der Waals surface area contributed by atoms with Crippen molar-refractivity contribution in [3.63, 3.8) is 0 Å². The summed E-state index contributed by atoms with van der Waals surface area (Å²) in [5.74, 6) is -1.24. The molecule has 0 aliphatic rings. The highest BCUT2D eigenvalue weighted by Crippen LogP contribution is 2.15. The van der Waals surface area contributed by atoms with Gasteiger partial charge in [0.25, 0.3) is 0 Å². The van der Waals surface area contributed by atoms with Crippen molar-refractivity contribution in [2.45, 2.75) is 6.92 Å². The molecule has 0 aliphatic carbocycles. The van der Waals surface area contributed by atoms with Crippen LogP contribution in [-0.4, -0.2) is 44.1 Å². The van der Waals surface area contributed by atoms with Crippen LogP contribution in [-0.2, 0) is 9.84 Å². The summed E-state index contributed by atoms with van der Waals surface area (Å²) in [4.78, 5) is 22.4. The summed E-state index contributed by atoms with van der Waals surface area (Å²) < 4.78 is 21.8. The van der Waals surface area contributed by atoms with Gasteiger partial charge < -0.3 is 15.7 Å². The third-order valence-electron chi connectivity index (χ3n) is 2.48. The average molecular weight is 300 g/mol. The fourth-order valence-corrected chi connectivity index (χ4v) is 1.93. The van der Waals surface area contributed by atoms with Crippen LogP contribution in [0.3, 0.4) is 0 Å². The minimum Gasteiger partial charge on any atom is -0.478 e. The van der Waals surface area contributed by atoms with E-state index in [1.165, 1.54) is 6.07 Å². The first-order chi connectivity index (χ1) is 9.19. The lowest BCUT2D eigenvalue weighted by Crippen LogP contribution is -2.32. The maximum absolute atomic E-state index is 11.5. The van der Waals surface area contributed by atoms with Gasteiger partial charge in [-0.15, -0.1) is 0 Å². The molecule has 0 unspecified atom stereocenters. The molecule has 0 spiro atoms. The number of aromatic carboxylic acids is 1. The second-order valence-electron chi connectivity index (χ2n) is 4.35. The highest BCUT2D eigenvalue weighted by atomic mass is 32.2. The molecule has 110 valence electrons. The normalized spacial score (nSPS) is 10.9. The zero-order chi connectivity index (χ0) is 15.3. The summed E-state index contributed by atoms with van der Waals surface area (Å²) >= 11 is 0. The SMILES string of the molecule is Cc1ccc(NC(=O)NCCS(C)(=O)=O)cc1C(=O)O. The van der Waals surface area contributed by atoms with Crippen molar-refractivity contribution in [2.24, 2.45) is 0 Å². The lowest BCUT2D eigenvalue weighted by atomic mass is 10.1. The second-order valence-corrected chi connectivity index (χ2v) is 6.61. The Kier molecular flexibility index (Phi) is 5.09. The topological polar surface area (TPSA) is 113 Å². The Bertz CT molecular complexity index is 625. The number of nitrogens with one attached hydrogen (secondary N) is 2. The Labute approximate surface area is 116 Å². The molecule has 1 aromatic carbocycles. The number of benzene rings is 1. The number of hydrogen-bond donors (Lipinski definition) is 3. The number of anilines is 1. The van der Waals surface area contributed by atoms with Crippen molar-refractivity contribution in [1.82, 2.24) is 5.32 Å². The Morgan fingerprint density at radius 1 is 1.30 bits per heavy atom. The molecule has 3 N–H and O–H groups in total. The van der Waals surface area contributed by atoms with Crippen LogP contribution in [0.1, 0.15) is 15.9 Å². The van der Waals surface area contributed by atoms with Crippen LogP contribution in [0.25, 0.3) is 0 Å². The van der Waals surface area contributed by atoms with E-state index in [2.05, 4.69) is 10.6 Å². The van der Waals surface area contributed by atoms with Gasteiger partial charge in [0.1, 0.15) is 9.84 Å². The van der Waals surface area contributed by atoms with Gasteiger partial charge >= 0.3 is 12.0 Å². The molecule has 0 atom stereocenters. The summed E-state index contributed by atoms with van der Waals surface area (Å²) in [5.41, 5.74) is 1.00. The number of carbonyl (C=O) groups is 2. The predicted octanol–water partition coefficient (Wildman–Crippen LogP) is 0.859. The van der Waals surface area contributed by atoms with E-state index < -0.39 is 21.8 Å². The molecule has 7 nitrogen and oxygen atoms in total. The maximum Gasteiger partial charge on any atom is 0.336 e. The highest BCUT2D eigenvalue weighted by molar-refractivity contribution is 7.90. The van der Waals surface area contributed by atoms with Crippen LogP contribution in [0.15, 0.2) is 18.2 Å². The Hall–Kier alpha value is -2.09. The first-order valence-corrected chi connectivity index (χ1v) is 7.81. The van der Waals surface area contributed by atoms with Gasteiger partial charge in [-0.05, 0) is 24.6 Å². The Morgan fingerprint density at radius 3 is 2.50 bits per heavy atom. The number of urea groups is 1. The zero-order valence-corrected chi connectivity index (χ0v) is 12.0. The van der Waals surface area contributed by atoms with Crippen LogP contribution in [0.4, 0.5) is 10.5 Å². The number of hydrogen-bond acceptors (Lipinski definition) is 4. The van der Waals surface area contributed by atoms with Gasteiger partial charge in [0.2, 0.25) is 0 Å². The summed E-state index contributed by atoms with van der Waals surface area (Å²) in [6.07, 6.45) is 1.08. The predicted molar refractivity (Wildman–Crippen MR) is 74.9 cm³/mol. The largest absolute Gasteiger partial charge is 0.478 e.